The first-order valence-corrected chi connectivity index (χ1v) is 7.36. The molecule has 19 heavy (non-hydrogen) atoms. The maximum Gasteiger partial charge on any atom is 0.116 e. The van der Waals surface area contributed by atoms with Crippen molar-refractivity contribution in [3.63, 3.8) is 0 Å². The van der Waals surface area contributed by atoms with Crippen LogP contribution in [0.5, 0.6) is 0 Å². The number of benzene rings is 1. The zero-order chi connectivity index (χ0) is 14.0. The maximum atomic E-state index is 15.1. The fraction of sp³-hybridized carbons (Fsp3) is 0.647. The first-order valence-electron chi connectivity index (χ1n) is 7.36. The minimum Gasteiger partial charge on any atom is -0.316 e. The van der Waals surface area contributed by atoms with E-state index in [1.165, 1.54) is 22.3 Å². The third-order valence-electron chi connectivity index (χ3n) is 4.51. The second-order valence-electron chi connectivity index (χ2n) is 6.38. The van der Waals surface area contributed by atoms with Crippen LogP contribution in [-0.2, 0) is 6.42 Å². The summed E-state index contributed by atoms with van der Waals surface area (Å²) in [5.74, 6) is 0.140. The molecule has 1 aromatic rings. The Hall–Kier alpha value is -0.890. The molecule has 2 atom stereocenters. The average Bonchev–Trinajstić information content (AvgIpc) is 2.35. The van der Waals surface area contributed by atoms with Crippen LogP contribution in [0.25, 0.3) is 0 Å². The van der Waals surface area contributed by atoms with Gasteiger partial charge in [0.15, 0.2) is 0 Å². The van der Waals surface area contributed by atoms with Gasteiger partial charge >= 0.3 is 0 Å². The van der Waals surface area contributed by atoms with Crippen molar-refractivity contribution in [3.8, 4) is 0 Å². The lowest BCUT2D eigenvalue weighted by atomic mass is 9.79. The zero-order valence-corrected chi connectivity index (χ0v) is 12.6. The highest BCUT2D eigenvalue weighted by Gasteiger charge is 2.35. The molecule has 1 aliphatic heterocycles. The Morgan fingerprint density at radius 2 is 1.89 bits per heavy atom. The number of hydrogen-bond donors (Lipinski definition) is 1. The van der Waals surface area contributed by atoms with Crippen LogP contribution in [0.4, 0.5) is 4.39 Å². The van der Waals surface area contributed by atoms with Crippen LogP contribution in [0.3, 0.4) is 0 Å². The number of rotatable bonds is 3. The molecule has 0 saturated carbocycles. The van der Waals surface area contributed by atoms with E-state index < -0.39 is 5.67 Å². The first-order chi connectivity index (χ1) is 8.90. The van der Waals surface area contributed by atoms with E-state index in [0.717, 1.165) is 25.9 Å². The molecule has 0 aliphatic carbocycles. The molecule has 1 saturated heterocycles. The van der Waals surface area contributed by atoms with Gasteiger partial charge in [0.2, 0.25) is 0 Å². The van der Waals surface area contributed by atoms with Crippen LogP contribution < -0.4 is 5.32 Å². The number of hydrogen-bond acceptors (Lipinski definition) is 1. The van der Waals surface area contributed by atoms with Crippen molar-refractivity contribution in [2.24, 2.45) is 5.92 Å². The van der Waals surface area contributed by atoms with Crippen molar-refractivity contribution >= 4 is 0 Å². The van der Waals surface area contributed by atoms with E-state index in [-0.39, 0.29) is 5.92 Å². The van der Waals surface area contributed by atoms with Gasteiger partial charge in [-0.3, -0.25) is 0 Å². The summed E-state index contributed by atoms with van der Waals surface area (Å²) in [5, 5.41) is 3.33. The third-order valence-corrected chi connectivity index (χ3v) is 4.51. The lowest BCUT2D eigenvalue weighted by Gasteiger charge is -2.34. The van der Waals surface area contributed by atoms with Crippen molar-refractivity contribution < 1.29 is 4.39 Å². The minimum absolute atomic E-state index is 0.140. The van der Waals surface area contributed by atoms with Gasteiger partial charge in [0.1, 0.15) is 5.67 Å². The number of alkyl halides is 1. The maximum absolute atomic E-state index is 15.1. The Morgan fingerprint density at radius 3 is 2.42 bits per heavy atom. The summed E-state index contributed by atoms with van der Waals surface area (Å²) >= 11 is 0. The second kappa shape index (κ2) is 5.62. The molecule has 1 aliphatic rings. The smallest absolute Gasteiger partial charge is 0.116 e. The molecule has 1 nitrogen and oxygen atoms in total. The van der Waals surface area contributed by atoms with Crippen LogP contribution in [-0.4, -0.2) is 18.8 Å². The van der Waals surface area contributed by atoms with Crippen LogP contribution in [0.2, 0.25) is 0 Å². The fourth-order valence-corrected chi connectivity index (χ4v) is 3.34. The number of halogens is 1. The monoisotopic (exact) mass is 263 g/mol. The number of nitrogens with one attached hydrogen (secondary N) is 1. The molecule has 0 radical (unpaired) electrons. The Balaban J connectivity index is 2.19. The standard InChI is InChI=1S/C17H26FN/c1-12-8-13(2)16(14(3)9-12)10-17(4,18)15-6-5-7-19-11-15/h8-9,15,19H,5-7,10-11H2,1-4H3. The Kier molecular flexibility index (Phi) is 4.29. The highest BCUT2D eigenvalue weighted by molar-refractivity contribution is 5.38. The molecule has 1 N–H and O–H groups in total. The molecular formula is C17H26FN. The van der Waals surface area contributed by atoms with E-state index in [0.29, 0.717) is 6.42 Å². The third kappa shape index (κ3) is 3.36. The second-order valence-corrected chi connectivity index (χ2v) is 6.38. The lowest BCUT2D eigenvalue weighted by Crippen LogP contribution is -2.43. The van der Waals surface area contributed by atoms with Gasteiger partial charge in [0.25, 0.3) is 0 Å². The molecule has 0 aromatic heterocycles. The molecule has 0 amide bonds. The highest BCUT2D eigenvalue weighted by Crippen LogP contribution is 2.33. The van der Waals surface area contributed by atoms with Gasteiger partial charge in [-0.25, -0.2) is 4.39 Å². The SMILES string of the molecule is Cc1cc(C)c(CC(C)(F)C2CCCNC2)c(C)c1. The van der Waals surface area contributed by atoms with E-state index >= 15 is 4.39 Å². The topological polar surface area (TPSA) is 12.0 Å². The molecule has 106 valence electrons. The van der Waals surface area contributed by atoms with Crippen LogP contribution in [0.15, 0.2) is 12.1 Å². The molecule has 0 spiro atoms. The van der Waals surface area contributed by atoms with Crippen LogP contribution in [0.1, 0.15) is 42.0 Å². The first kappa shape index (κ1) is 14.5. The molecule has 2 heteroatoms. The van der Waals surface area contributed by atoms with Gasteiger partial charge in [-0.15, -0.1) is 0 Å². The molecule has 1 aromatic carbocycles. The molecular weight excluding hydrogens is 237 g/mol. The molecule has 1 heterocycles. The summed E-state index contributed by atoms with van der Waals surface area (Å²) in [6.07, 6.45) is 2.64. The van der Waals surface area contributed by atoms with E-state index in [1.807, 2.05) is 0 Å². The van der Waals surface area contributed by atoms with E-state index in [2.05, 4.69) is 38.2 Å². The van der Waals surface area contributed by atoms with Crippen LogP contribution >= 0.6 is 0 Å². The Labute approximate surface area is 116 Å². The van der Waals surface area contributed by atoms with Gasteiger partial charge in [-0.1, -0.05) is 17.7 Å². The van der Waals surface area contributed by atoms with Gasteiger partial charge in [0.05, 0.1) is 0 Å². The normalized spacial score (nSPS) is 23.1. The van der Waals surface area contributed by atoms with Gasteiger partial charge < -0.3 is 5.32 Å². The molecule has 0 bridgehead atoms. The largest absolute Gasteiger partial charge is 0.316 e. The predicted octanol–water partition coefficient (Wildman–Crippen LogP) is 3.88. The predicted molar refractivity (Wildman–Crippen MR) is 79.5 cm³/mol. The van der Waals surface area contributed by atoms with Crippen molar-refractivity contribution in [2.75, 3.05) is 13.1 Å². The average molecular weight is 263 g/mol. The van der Waals surface area contributed by atoms with Crippen molar-refractivity contribution in [1.82, 2.24) is 5.32 Å². The van der Waals surface area contributed by atoms with Gasteiger partial charge in [-0.2, -0.15) is 0 Å². The molecule has 1 fully saturated rings. The Bertz CT molecular complexity index is 422. The van der Waals surface area contributed by atoms with Crippen molar-refractivity contribution in [3.05, 3.63) is 34.4 Å². The number of piperidine rings is 1. The van der Waals surface area contributed by atoms with E-state index in [9.17, 15) is 0 Å². The summed E-state index contributed by atoms with van der Waals surface area (Å²) in [7, 11) is 0. The number of aryl methyl sites for hydroxylation is 3. The molecule has 2 rings (SSSR count). The van der Waals surface area contributed by atoms with Gasteiger partial charge in [0, 0.05) is 18.9 Å². The quantitative estimate of drug-likeness (QED) is 0.872. The molecule has 2 unspecified atom stereocenters. The summed E-state index contributed by atoms with van der Waals surface area (Å²) in [6, 6.07) is 4.33. The van der Waals surface area contributed by atoms with Crippen LogP contribution in [0, 0.1) is 26.7 Å². The summed E-state index contributed by atoms with van der Waals surface area (Å²) < 4.78 is 15.1. The lowest BCUT2D eigenvalue weighted by molar-refractivity contribution is 0.0830. The Morgan fingerprint density at radius 1 is 1.26 bits per heavy atom. The highest BCUT2D eigenvalue weighted by atomic mass is 19.1. The fourth-order valence-electron chi connectivity index (χ4n) is 3.34. The summed E-state index contributed by atoms with van der Waals surface area (Å²) in [5.41, 5.74) is 3.80. The zero-order valence-electron chi connectivity index (χ0n) is 12.6. The van der Waals surface area contributed by atoms with E-state index in [1.54, 1.807) is 6.92 Å². The minimum atomic E-state index is -1.11. The summed E-state index contributed by atoms with van der Waals surface area (Å²) in [6.45, 7) is 9.94. The van der Waals surface area contributed by atoms with Gasteiger partial charge in [-0.05, 0) is 63.8 Å². The van der Waals surface area contributed by atoms with Crippen molar-refractivity contribution in [2.45, 2.75) is 52.6 Å². The summed E-state index contributed by atoms with van der Waals surface area (Å²) in [4.78, 5) is 0. The van der Waals surface area contributed by atoms with E-state index in [4.69, 9.17) is 0 Å². The van der Waals surface area contributed by atoms with Crippen molar-refractivity contribution in [1.29, 1.82) is 0 Å².